The van der Waals surface area contributed by atoms with Gasteiger partial charge in [0.2, 0.25) is 0 Å². The van der Waals surface area contributed by atoms with Crippen LogP contribution in [-0.2, 0) is 11.3 Å². The van der Waals surface area contributed by atoms with E-state index in [9.17, 15) is 0 Å². The molecule has 1 nitrogen and oxygen atoms in total. The number of rotatable bonds is 6. The van der Waals surface area contributed by atoms with Gasteiger partial charge in [-0.2, -0.15) is 0 Å². The molecule has 2 rings (SSSR count). The summed E-state index contributed by atoms with van der Waals surface area (Å²) in [5.41, 5.74) is 1.28. The lowest BCUT2D eigenvalue weighted by molar-refractivity contribution is 0.112. The molecule has 17 heavy (non-hydrogen) atoms. The zero-order chi connectivity index (χ0) is 11.8. The lowest BCUT2D eigenvalue weighted by Gasteiger charge is -2.21. The van der Waals surface area contributed by atoms with Crippen molar-refractivity contribution in [3.05, 3.63) is 35.9 Å². The first-order valence-electron chi connectivity index (χ1n) is 7.07. The smallest absolute Gasteiger partial charge is 0.0716 e. The minimum Gasteiger partial charge on any atom is -0.377 e. The largest absolute Gasteiger partial charge is 0.377 e. The molecule has 1 fully saturated rings. The summed E-state index contributed by atoms with van der Waals surface area (Å²) < 4.78 is 5.71. The minimum absolute atomic E-state index is 0.769. The summed E-state index contributed by atoms with van der Waals surface area (Å²) in [7, 11) is 0. The molecule has 1 saturated carbocycles. The molecule has 0 N–H and O–H groups in total. The maximum atomic E-state index is 5.71. The Balaban J connectivity index is 1.51. The highest BCUT2D eigenvalue weighted by Gasteiger charge is 2.12. The van der Waals surface area contributed by atoms with Crippen LogP contribution in [0.4, 0.5) is 0 Å². The second-order valence-corrected chi connectivity index (χ2v) is 5.18. The van der Waals surface area contributed by atoms with Gasteiger partial charge in [-0.1, -0.05) is 62.4 Å². The summed E-state index contributed by atoms with van der Waals surface area (Å²) in [5, 5.41) is 0. The summed E-state index contributed by atoms with van der Waals surface area (Å²) in [6.07, 6.45) is 9.88. The summed E-state index contributed by atoms with van der Waals surface area (Å²) in [6, 6.07) is 10.4. The van der Waals surface area contributed by atoms with E-state index in [1.807, 2.05) is 6.07 Å². The van der Waals surface area contributed by atoms with Gasteiger partial charge in [0.1, 0.15) is 0 Å². The number of ether oxygens (including phenoxy) is 1. The molecule has 0 aliphatic heterocycles. The van der Waals surface area contributed by atoms with Crippen molar-refractivity contribution in [2.45, 2.75) is 51.6 Å². The molecular weight excluding hydrogens is 208 g/mol. The molecule has 1 aromatic carbocycles. The van der Waals surface area contributed by atoms with Gasteiger partial charge in [-0.3, -0.25) is 0 Å². The average molecular weight is 232 g/mol. The van der Waals surface area contributed by atoms with Crippen LogP contribution in [0.25, 0.3) is 0 Å². The van der Waals surface area contributed by atoms with Crippen molar-refractivity contribution >= 4 is 0 Å². The van der Waals surface area contributed by atoms with Gasteiger partial charge in [0.15, 0.2) is 0 Å². The lowest BCUT2D eigenvalue weighted by Crippen LogP contribution is -2.07. The number of hydrogen-bond donors (Lipinski definition) is 0. The molecular formula is C16H24O. The molecule has 0 radical (unpaired) electrons. The zero-order valence-corrected chi connectivity index (χ0v) is 10.7. The molecule has 1 aromatic rings. The van der Waals surface area contributed by atoms with Gasteiger partial charge >= 0.3 is 0 Å². The molecule has 0 heterocycles. The summed E-state index contributed by atoms with van der Waals surface area (Å²) in [6.45, 7) is 1.69. The molecule has 0 aromatic heterocycles. The van der Waals surface area contributed by atoms with E-state index >= 15 is 0 Å². The Morgan fingerprint density at radius 3 is 2.53 bits per heavy atom. The first-order chi connectivity index (χ1) is 8.45. The van der Waals surface area contributed by atoms with Crippen LogP contribution in [0.1, 0.15) is 50.5 Å². The van der Waals surface area contributed by atoms with Gasteiger partial charge in [-0.05, 0) is 24.3 Å². The second kappa shape index (κ2) is 7.50. The van der Waals surface area contributed by atoms with Crippen molar-refractivity contribution < 1.29 is 4.74 Å². The predicted molar refractivity (Wildman–Crippen MR) is 71.9 cm³/mol. The van der Waals surface area contributed by atoms with E-state index < -0.39 is 0 Å². The van der Waals surface area contributed by atoms with Crippen LogP contribution in [0.2, 0.25) is 0 Å². The van der Waals surface area contributed by atoms with Gasteiger partial charge < -0.3 is 4.74 Å². The van der Waals surface area contributed by atoms with E-state index in [1.54, 1.807) is 0 Å². The molecule has 0 saturated heterocycles. The molecule has 1 aliphatic carbocycles. The lowest BCUT2D eigenvalue weighted by atomic mass is 9.86. The van der Waals surface area contributed by atoms with Crippen molar-refractivity contribution in [1.29, 1.82) is 0 Å². The third kappa shape index (κ3) is 4.91. The van der Waals surface area contributed by atoms with E-state index in [-0.39, 0.29) is 0 Å². The molecule has 0 spiro atoms. The van der Waals surface area contributed by atoms with Crippen molar-refractivity contribution in [1.82, 2.24) is 0 Å². The van der Waals surface area contributed by atoms with E-state index in [1.165, 1.54) is 50.5 Å². The Bertz CT molecular complexity index is 288. The van der Waals surface area contributed by atoms with Crippen LogP contribution in [-0.4, -0.2) is 6.61 Å². The monoisotopic (exact) mass is 232 g/mol. The van der Waals surface area contributed by atoms with Crippen molar-refractivity contribution in [3.8, 4) is 0 Å². The maximum absolute atomic E-state index is 5.71. The zero-order valence-electron chi connectivity index (χ0n) is 10.7. The molecule has 1 heteroatoms. The third-order valence-electron chi connectivity index (χ3n) is 3.74. The second-order valence-electron chi connectivity index (χ2n) is 5.18. The fourth-order valence-corrected chi connectivity index (χ4v) is 2.71. The van der Waals surface area contributed by atoms with E-state index in [0.29, 0.717) is 0 Å². The van der Waals surface area contributed by atoms with Gasteiger partial charge in [0.05, 0.1) is 6.61 Å². The quantitative estimate of drug-likeness (QED) is 0.653. The Morgan fingerprint density at radius 1 is 1.00 bits per heavy atom. The molecule has 0 unspecified atom stereocenters. The minimum atomic E-state index is 0.769. The normalized spacial score (nSPS) is 17.2. The van der Waals surface area contributed by atoms with E-state index in [2.05, 4.69) is 24.3 Å². The third-order valence-corrected chi connectivity index (χ3v) is 3.74. The number of hydrogen-bond acceptors (Lipinski definition) is 1. The van der Waals surface area contributed by atoms with Crippen LogP contribution < -0.4 is 0 Å². The van der Waals surface area contributed by atoms with Gasteiger partial charge in [0.25, 0.3) is 0 Å². The molecule has 94 valence electrons. The van der Waals surface area contributed by atoms with Gasteiger partial charge in [-0.15, -0.1) is 0 Å². The summed E-state index contributed by atoms with van der Waals surface area (Å²) >= 11 is 0. The SMILES string of the molecule is c1ccc(COCCCC2CCCCC2)cc1. The Hall–Kier alpha value is -0.820. The van der Waals surface area contributed by atoms with Crippen LogP contribution >= 0.6 is 0 Å². The number of benzene rings is 1. The Morgan fingerprint density at radius 2 is 1.76 bits per heavy atom. The topological polar surface area (TPSA) is 9.23 Å². The predicted octanol–water partition coefficient (Wildman–Crippen LogP) is 4.56. The summed E-state index contributed by atoms with van der Waals surface area (Å²) in [5.74, 6) is 0.990. The first-order valence-corrected chi connectivity index (χ1v) is 7.07. The highest BCUT2D eigenvalue weighted by atomic mass is 16.5. The van der Waals surface area contributed by atoms with E-state index in [4.69, 9.17) is 4.74 Å². The Kier molecular flexibility index (Phi) is 5.57. The highest BCUT2D eigenvalue weighted by molar-refractivity contribution is 5.13. The molecule has 0 bridgehead atoms. The fraction of sp³-hybridized carbons (Fsp3) is 0.625. The average Bonchev–Trinajstić information content (AvgIpc) is 2.41. The van der Waals surface area contributed by atoms with E-state index in [0.717, 1.165) is 19.1 Å². The molecule has 0 amide bonds. The highest BCUT2D eigenvalue weighted by Crippen LogP contribution is 2.27. The fourth-order valence-electron chi connectivity index (χ4n) is 2.71. The maximum Gasteiger partial charge on any atom is 0.0716 e. The van der Waals surface area contributed by atoms with Gasteiger partial charge in [-0.25, -0.2) is 0 Å². The first kappa shape index (κ1) is 12.6. The van der Waals surface area contributed by atoms with Gasteiger partial charge in [0, 0.05) is 6.61 Å². The Labute approximate surface area is 105 Å². The summed E-state index contributed by atoms with van der Waals surface area (Å²) in [4.78, 5) is 0. The van der Waals surface area contributed by atoms with Crippen LogP contribution in [0.3, 0.4) is 0 Å². The van der Waals surface area contributed by atoms with Crippen molar-refractivity contribution in [2.75, 3.05) is 6.61 Å². The molecule has 0 atom stereocenters. The standard InChI is InChI=1S/C16H24O/c1-3-8-15(9-4-1)12-7-13-17-14-16-10-5-2-6-11-16/h2,5-6,10-11,15H,1,3-4,7-9,12-14H2. The van der Waals surface area contributed by atoms with Crippen LogP contribution in [0, 0.1) is 5.92 Å². The van der Waals surface area contributed by atoms with Crippen molar-refractivity contribution in [3.63, 3.8) is 0 Å². The van der Waals surface area contributed by atoms with Crippen LogP contribution in [0.5, 0.6) is 0 Å². The van der Waals surface area contributed by atoms with Crippen LogP contribution in [0.15, 0.2) is 30.3 Å². The molecule has 1 aliphatic rings. The van der Waals surface area contributed by atoms with Crippen molar-refractivity contribution in [2.24, 2.45) is 5.92 Å².